The molecule has 2 aromatic rings. The number of hydrogen-bond donors (Lipinski definition) is 1. The average Bonchev–Trinajstić information content (AvgIpc) is 3.19. The minimum Gasteiger partial charge on any atom is -0.361 e. The van der Waals surface area contributed by atoms with Crippen molar-refractivity contribution in [2.45, 2.75) is 32.2 Å². The van der Waals surface area contributed by atoms with Crippen LogP contribution in [0, 0.1) is 6.92 Å². The largest absolute Gasteiger partial charge is 0.361 e. The number of aromatic nitrogens is 2. The summed E-state index contributed by atoms with van der Waals surface area (Å²) in [6.07, 6.45) is 4.31. The summed E-state index contributed by atoms with van der Waals surface area (Å²) in [7, 11) is 0. The molecule has 19 heavy (non-hydrogen) atoms. The number of amides is 1. The van der Waals surface area contributed by atoms with E-state index in [1.54, 1.807) is 13.0 Å². The van der Waals surface area contributed by atoms with Gasteiger partial charge >= 0.3 is 0 Å². The normalized spacial score (nSPS) is 14.4. The summed E-state index contributed by atoms with van der Waals surface area (Å²) in [4.78, 5) is 16.2. The number of nitrogens with one attached hydrogen (secondary N) is 1. The van der Waals surface area contributed by atoms with Gasteiger partial charge in [-0.05, 0) is 31.4 Å². The Bertz CT molecular complexity index is 585. The predicted octanol–water partition coefficient (Wildman–Crippen LogP) is 2.19. The highest BCUT2D eigenvalue weighted by Gasteiger charge is 2.24. The number of pyridine rings is 1. The number of hydrogen-bond acceptors (Lipinski definition) is 4. The van der Waals surface area contributed by atoms with Crippen LogP contribution in [0.1, 0.15) is 46.3 Å². The zero-order valence-corrected chi connectivity index (χ0v) is 10.7. The third kappa shape index (κ3) is 2.81. The number of nitrogens with zero attached hydrogens (tertiary/aromatic N) is 2. The molecule has 0 radical (unpaired) electrons. The first-order valence-corrected chi connectivity index (χ1v) is 6.39. The summed E-state index contributed by atoms with van der Waals surface area (Å²) in [6, 6.07) is 5.66. The number of aryl methyl sites for hydroxylation is 1. The molecule has 3 rings (SSSR count). The molecule has 0 bridgehead atoms. The van der Waals surface area contributed by atoms with Gasteiger partial charge in [0, 0.05) is 30.4 Å². The molecule has 0 aliphatic heterocycles. The van der Waals surface area contributed by atoms with Gasteiger partial charge in [-0.2, -0.15) is 0 Å². The van der Waals surface area contributed by atoms with Crippen LogP contribution in [0.5, 0.6) is 0 Å². The van der Waals surface area contributed by atoms with E-state index < -0.39 is 0 Å². The molecule has 5 heteroatoms. The third-order valence-corrected chi connectivity index (χ3v) is 3.16. The molecule has 1 amide bonds. The fraction of sp³-hybridized carbons (Fsp3) is 0.357. The van der Waals surface area contributed by atoms with E-state index in [9.17, 15) is 4.79 Å². The highest BCUT2D eigenvalue weighted by atomic mass is 16.5. The summed E-state index contributed by atoms with van der Waals surface area (Å²) in [5.74, 6) is 1.05. The first-order chi connectivity index (χ1) is 9.22. The summed E-state index contributed by atoms with van der Waals surface area (Å²) in [6.45, 7) is 2.20. The van der Waals surface area contributed by atoms with Crippen LogP contribution in [0.3, 0.4) is 0 Å². The fourth-order valence-corrected chi connectivity index (χ4v) is 1.91. The SMILES string of the molecule is Cc1cc(C(=O)NCc2ccc(C3CC3)nc2)no1. The smallest absolute Gasteiger partial charge is 0.273 e. The van der Waals surface area contributed by atoms with Crippen molar-refractivity contribution in [1.29, 1.82) is 0 Å². The summed E-state index contributed by atoms with van der Waals surface area (Å²) < 4.78 is 4.86. The maximum atomic E-state index is 11.8. The molecular weight excluding hydrogens is 242 g/mol. The van der Waals surface area contributed by atoms with Gasteiger partial charge in [0.25, 0.3) is 5.91 Å². The molecule has 0 spiro atoms. The minimum atomic E-state index is -0.233. The molecule has 0 saturated heterocycles. The van der Waals surface area contributed by atoms with Crippen LogP contribution in [0.4, 0.5) is 0 Å². The standard InChI is InChI=1S/C14H15N3O2/c1-9-6-13(17-19-9)14(18)16-8-10-2-5-12(15-7-10)11-3-4-11/h2,5-7,11H,3-4,8H2,1H3,(H,16,18). The molecular formula is C14H15N3O2. The zero-order valence-electron chi connectivity index (χ0n) is 10.7. The molecule has 0 atom stereocenters. The second-order valence-corrected chi connectivity index (χ2v) is 4.87. The number of rotatable bonds is 4. The Morgan fingerprint density at radius 1 is 1.47 bits per heavy atom. The molecule has 1 aliphatic rings. The molecule has 0 aromatic carbocycles. The maximum Gasteiger partial charge on any atom is 0.273 e. The molecule has 0 unspecified atom stereocenters. The Morgan fingerprint density at radius 3 is 2.89 bits per heavy atom. The Kier molecular flexibility index (Phi) is 3.03. The van der Waals surface area contributed by atoms with Crippen molar-refractivity contribution in [2.75, 3.05) is 0 Å². The monoisotopic (exact) mass is 257 g/mol. The van der Waals surface area contributed by atoms with Crippen molar-refractivity contribution in [3.05, 3.63) is 47.1 Å². The lowest BCUT2D eigenvalue weighted by Gasteiger charge is -2.04. The van der Waals surface area contributed by atoms with Crippen LogP contribution in [0.15, 0.2) is 28.9 Å². The maximum absolute atomic E-state index is 11.8. The van der Waals surface area contributed by atoms with E-state index in [2.05, 4.69) is 15.5 Å². The van der Waals surface area contributed by atoms with Gasteiger partial charge in [-0.3, -0.25) is 9.78 Å². The summed E-state index contributed by atoms with van der Waals surface area (Å²) in [5.41, 5.74) is 2.44. The Hall–Kier alpha value is -2.17. The molecule has 5 nitrogen and oxygen atoms in total. The van der Waals surface area contributed by atoms with Gasteiger partial charge in [0.05, 0.1) is 0 Å². The number of carbonyl (C=O) groups is 1. The summed E-state index contributed by atoms with van der Waals surface area (Å²) in [5, 5.41) is 6.46. The molecule has 2 heterocycles. The van der Waals surface area contributed by atoms with Gasteiger partial charge in [-0.15, -0.1) is 0 Å². The van der Waals surface area contributed by atoms with Gasteiger partial charge in [-0.1, -0.05) is 11.2 Å². The van der Waals surface area contributed by atoms with Gasteiger partial charge in [-0.25, -0.2) is 0 Å². The molecule has 1 fully saturated rings. The lowest BCUT2D eigenvalue weighted by molar-refractivity contribution is 0.0942. The van der Waals surface area contributed by atoms with E-state index in [0.717, 1.165) is 11.3 Å². The van der Waals surface area contributed by atoms with Gasteiger partial charge in [0.2, 0.25) is 0 Å². The van der Waals surface area contributed by atoms with Crippen LogP contribution >= 0.6 is 0 Å². The Balaban J connectivity index is 1.57. The van der Waals surface area contributed by atoms with E-state index in [1.165, 1.54) is 12.8 Å². The first-order valence-electron chi connectivity index (χ1n) is 6.39. The van der Waals surface area contributed by atoms with E-state index >= 15 is 0 Å². The van der Waals surface area contributed by atoms with Crippen molar-refractivity contribution in [3.8, 4) is 0 Å². The van der Waals surface area contributed by atoms with Crippen molar-refractivity contribution in [1.82, 2.24) is 15.5 Å². The third-order valence-electron chi connectivity index (χ3n) is 3.16. The average molecular weight is 257 g/mol. The Morgan fingerprint density at radius 2 is 2.32 bits per heavy atom. The number of carbonyl (C=O) groups excluding carboxylic acids is 1. The van der Waals surface area contributed by atoms with Gasteiger partial charge in [0.1, 0.15) is 5.76 Å². The molecule has 98 valence electrons. The van der Waals surface area contributed by atoms with E-state index in [-0.39, 0.29) is 5.91 Å². The van der Waals surface area contributed by atoms with E-state index in [4.69, 9.17) is 4.52 Å². The Labute approximate surface area is 111 Å². The molecule has 1 aliphatic carbocycles. The van der Waals surface area contributed by atoms with Gasteiger partial charge < -0.3 is 9.84 Å². The highest BCUT2D eigenvalue weighted by Crippen LogP contribution is 2.38. The van der Waals surface area contributed by atoms with Crippen molar-refractivity contribution >= 4 is 5.91 Å². The summed E-state index contributed by atoms with van der Waals surface area (Å²) >= 11 is 0. The van der Waals surface area contributed by atoms with Crippen LogP contribution in [-0.2, 0) is 6.54 Å². The zero-order chi connectivity index (χ0) is 13.2. The van der Waals surface area contributed by atoms with Crippen molar-refractivity contribution in [3.63, 3.8) is 0 Å². The molecule has 2 aromatic heterocycles. The highest BCUT2D eigenvalue weighted by molar-refractivity contribution is 5.92. The van der Waals surface area contributed by atoms with Crippen LogP contribution in [0.25, 0.3) is 0 Å². The second-order valence-electron chi connectivity index (χ2n) is 4.87. The van der Waals surface area contributed by atoms with Crippen LogP contribution in [-0.4, -0.2) is 16.0 Å². The molecule has 1 N–H and O–H groups in total. The van der Waals surface area contributed by atoms with Gasteiger partial charge in [0.15, 0.2) is 5.69 Å². The fourth-order valence-electron chi connectivity index (χ4n) is 1.91. The van der Waals surface area contributed by atoms with Crippen molar-refractivity contribution in [2.24, 2.45) is 0 Å². The first kappa shape index (κ1) is 11.9. The second kappa shape index (κ2) is 4.84. The van der Waals surface area contributed by atoms with Crippen molar-refractivity contribution < 1.29 is 9.32 Å². The lowest BCUT2D eigenvalue weighted by Crippen LogP contribution is -2.23. The quantitative estimate of drug-likeness (QED) is 0.911. The minimum absolute atomic E-state index is 0.233. The molecule has 1 saturated carbocycles. The van der Waals surface area contributed by atoms with Crippen LogP contribution in [0.2, 0.25) is 0 Å². The predicted molar refractivity (Wildman–Crippen MR) is 68.6 cm³/mol. The van der Waals surface area contributed by atoms with E-state index in [0.29, 0.717) is 23.9 Å². The van der Waals surface area contributed by atoms with Crippen LogP contribution < -0.4 is 5.32 Å². The topological polar surface area (TPSA) is 68.0 Å². The van der Waals surface area contributed by atoms with E-state index in [1.807, 2.05) is 18.3 Å². The lowest BCUT2D eigenvalue weighted by atomic mass is 10.2.